The SMILES string of the molecule is CCc1ccc(CN(C(C(N)=O)c2ccccc2)S(=O)(=O)c2ccc(Cl)cc2)cc1. The van der Waals surface area contributed by atoms with Crippen LogP contribution in [-0.4, -0.2) is 18.6 Å². The Balaban J connectivity index is 2.11. The van der Waals surface area contributed by atoms with Gasteiger partial charge in [0, 0.05) is 11.6 Å². The Hall–Kier alpha value is -2.67. The highest BCUT2D eigenvalue weighted by Crippen LogP contribution is 2.30. The summed E-state index contributed by atoms with van der Waals surface area (Å²) >= 11 is 5.93. The lowest BCUT2D eigenvalue weighted by Gasteiger charge is -2.29. The summed E-state index contributed by atoms with van der Waals surface area (Å²) in [5.41, 5.74) is 8.10. The minimum absolute atomic E-state index is 0.00252. The number of primary amides is 1. The van der Waals surface area contributed by atoms with E-state index in [0.717, 1.165) is 21.9 Å². The predicted molar refractivity (Wildman–Crippen MR) is 118 cm³/mol. The van der Waals surface area contributed by atoms with Gasteiger partial charge >= 0.3 is 0 Å². The number of halogens is 1. The van der Waals surface area contributed by atoms with Gasteiger partial charge in [0.1, 0.15) is 6.04 Å². The minimum atomic E-state index is -4.05. The molecule has 0 aromatic heterocycles. The molecule has 0 spiro atoms. The Labute approximate surface area is 182 Å². The topological polar surface area (TPSA) is 80.5 Å². The van der Waals surface area contributed by atoms with Crippen LogP contribution in [0.4, 0.5) is 0 Å². The van der Waals surface area contributed by atoms with Gasteiger partial charge in [0.2, 0.25) is 15.9 Å². The van der Waals surface area contributed by atoms with E-state index in [1.165, 1.54) is 24.3 Å². The first-order valence-corrected chi connectivity index (χ1v) is 11.3. The second-order valence-corrected chi connectivity index (χ2v) is 9.22. The Morgan fingerprint density at radius 1 is 0.933 bits per heavy atom. The largest absolute Gasteiger partial charge is 0.368 e. The lowest BCUT2D eigenvalue weighted by Crippen LogP contribution is -2.41. The number of rotatable bonds is 8. The molecule has 0 fully saturated rings. The number of amides is 1. The third-order valence-electron chi connectivity index (χ3n) is 4.86. The van der Waals surface area contributed by atoms with E-state index in [1.54, 1.807) is 30.3 Å². The van der Waals surface area contributed by atoms with Crippen LogP contribution in [0.3, 0.4) is 0 Å². The van der Waals surface area contributed by atoms with Gasteiger partial charge in [-0.15, -0.1) is 0 Å². The number of nitrogens with two attached hydrogens (primary N) is 1. The van der Waals surface area contributed by atoms with Crippen LogP contribution in [0.2, 0.25) is 5.02 Å². The number of nitrogens with zero attached hydrogens (tertiary/aromatic N) is 1. The quantitative estimate of drug-likeness (QED) is 0.564. The maximum Gasteiger partial charge on any atom is 0.244 e. The monoisotopic (exact) mass is 442 g/mol. The van der Waals surface area contributed by atoms with Crippen molar-refractivity contribution in [2.24, 2.45) is 5.73 Å². The average molecular weight is 443 g/mol. The van der Waals surface area contributed by atoms with Crippen molar-refractivity contribution in [3.8, 4) is 0 Å². The molecule has 0 radical (unpaired) electrons. The first-order chi connectivity index (χ1) is 14.3. The zero-order chi connectivity index (χ0) is 21.7. The Kier molecular flexibility index (Phi) is 6.92. The van der Waals surface area contributed by atoms with Crippen LogP contribution in [0, 0.1) is 0 Å². The fraction of sp³-hybridized carbons (Fsp3) is 0.174. The number of benzene rings is 3. The summed E-state index contributed by atoms with van der Waals surface area (Å²) in [4.78, 5) is 12.5. The molecule has 0 aliphatic rings. The molecule has 7 heteroatoms. The third-order valence-corrected chi connectivity index (χ3v) is 6.94. The zero-order valence-corrected chi connectivity index (χ0v) is 18.1. The van der Waals surface area contributed by atoms with E-state index in [1.807, 2.05) is 31.2 Å². The summed E-state index contributed by atoms with van der Waals surface area (Å²) in [5, 5.41) is 0.421. The molecule has 1 atom stereocenters. The van der Waals surface area contributed by atoms with Crippen molar-refractivity contribution >= 4 is 27.5 Å². The van der Waals surface area contributed by atoms with Gasteiger partial charge in [-0.25, -0.2) is 8.42 Å². The van der Waals surface area contributed by atoms with Gasteiger partial charge < -0.3 is 5.73 Å². The van der Waals surface area contributed by atoms with Crippen molar-refractivity contribution in [3.05, 3.63) is 101 Å². The summed E-state index contributed by atoms with van der Waals surface area (Å²) in [7, 11) is -4.05. The first-order valence-electron chi connectivity index (χ1n) is 9.52. The van der Waals surface area contributed by atoms with E-state index in [9.17, 15) is 13.2 Å². The molecule has 5 nitrogen and oxygen atoms in total. The molecule has 156 valence electrons. The molecule has 3 aromatic carbocycles. The Bertz CT molecular complexity index is 1100. The van der Waals surface area contributed by atoms with Crippen LogP contribution in [-0.2, 0) is 27.8 Å². The summed E-state index contributed by atoms with van der Waals surface area (Å²) in [6, 6.07) is 21.0. The van der Waals surface area contributed by atoms with Gasteiger partial charge in [0.15, 0.2) is 0 Å². The molecule has 0 saturated carbocycles. The van der Waals surface area contributed by atoms with E-state index >= 15 is 0 Å². The van der Waals surface area contributed by atoms with Crippen LogP contribution in [0.25, 0.3) is 0 Å². The minimum Gasteiger partial charge on any atom is -0.368 e. The number of carbonyl (C=O) groups is 1. The number of sulfonamides is 1. The number of carbonyl (C=O) groups excluding carboxylic acids is 1. The molecule has 0 bridgehead atoms. The molecule has 0 saturated heterocycles. The van der Waals surface area contributed by atoms with Gasteiger partial charge in [-0.05, 0) is 47.4 Å². The molecule has 0 heterocycles. The fourth-order valence-electron chi connectivity index (χ4n) is 3.23. The predicted octanol–water partition coefficient (Wildman–Crippen LogP) is 4.32. The Morgan fingerprint density at radius 3 is 2.03 bits per heavy atom. The number of hydrogen-bond donors (Lipinski definition) is 1. The van der Waals surface area contributed by atoms with Gasteiger partial charge in [-0.1, -0.05) is 73.1 Å². The lowest BCUT2D eigenvalue weighted by atomic mass is 10.1. The number of hydrogen-bond acceptors (Lipinski definition) is 3. The molecule has 0 aliphatic heterocycles. The van der Waals surface area contributed by atoms with E-state index in [-0.39, 0.29) is 11.4 Å². The van der Waals surface area contributed by atoms with Crippen LogP contribution in [0.15, 0.2) is 83.8 Å². The molecule has 2 N–H and O–H groups in total. The zero-order valence-electron chi connectivity index (χ0n) is 16.5. The molecule has 0 aliphatic carbocycles. The van der Waals surface area contributed by atoms with Crippen LogP contribution < -0.4 is 5.73 Å². The normalized spacial score (nSPS) is 12.6. The van der Waals surface area contributed by atoms with Crippen molar-refractivity contribution in [3.63, 3.8) is 0 Å². The van der Waals surface area contributed by atoms with Crippen molar-refractivity contribution in [1.29, 1.82) is 0 Å². The summed E-state index contributed by atoms with van der Waals surface area (Å²) in [6.45, 7) is 2.04. The van der Waals surface area contributed by atoms with E-state index in [0.29, 0.717) is 10.6 Å². The third kappa shape index (κ3) is 4.90. The standard InChI is InChI=1S/C23H23ClN2O3S/c1-2-17-8-10-18(11-9-17)16-26(22(23(25)27)19-6-4-3-5-7-19)30(28,29)21-14-12-20(24)13-15-21/h3-15,22H,2,16H2,1H3,(H2,25,27). The molecule has 1 unspecified atom stereocenters. The van der Waals surface area contributed by atoms with E-state index in [2.05, 4.69) is 0 Å². The van der Waals surface area contributed by atoms with E-state index in [4.69, 9.17) is 17.3 Å². The molecular formula is C23H23ClN2O3S. The van der Waals surface area contributed by atoms with Crippen molar-refractivity contribution in [2.45, 2.75) is 30.8 Å². The summed E-state index contributed by atoms with van der Waals surface area (Å²) in [5.74, 6) is -0.746. The maximum atomic E-state index is 13.6. The number of aryl methyl sites for hydroxylation is 1. The molecule has 1 amide bonds. The molecule has 30 heavy (non-hydrogen) atoms. The van der Waals surface area contributed by atoms with Crippen LogP contribution in [0.1, 0.15) is 29.7 Å². The second-order valence-electron chi connectivity index (χ2n) is 6.89. The smallest absolute Gasteiger partial charge is 0.244 e. The van der Waals surface area contributed by atoms with Crippen LogP contribution >= 0.6 is 11.6 Å². The first kappa shape index (κ1) is 22.0. The van der Waals surface area contributed by atoms with Gasteiger partial charge in [-0.2, -0.15) is 4.31 Å². The molecule has 3 rings (SSSR count). The van der Waals surface area contributed by atoms with Gasteiger partial charge in [0.05, 0.1) is 4.90 Å². The fourth-order valence-corrected chi connectivity index (χ4v) is 4.92. The average Bonchev–Trinajstić information content (AvgIpc) is 2.74. The van der Waals surface area contributed by atoms with Crippen molar-refractivity contribution in [1.82, 2.24) is 4.31 Å². The highest BCUT2D eigenvalue weighted by molar-refractivity contribution is 7.89. The van der Waals surface area contributed by atoms with Crippen molar-refractivity contribution in [2.75, 3.05) is 0 Å². The molecule has 3 aromatic rings. The Morgan fingerprint density at radius 2 is 1.50 bits per heavy atom. The van der Waals surface area contributed by atoms with E-state index < -0.39 is 22.0 Å². The highest BCUT2D eigenvalue weighted by Gasteiger charge is 2.36. The second kappa shape index (κ2) is 9.43. The van der Waals surface area contributed by atoms with Crippen molar-refractivity contribution < 1.29 is 13.2 Å². The highest BCUT2D eigenvalue weighted by atomic mass is 35.5. The summed E-state index contributed by atoms with van der Waals surface area (Å²) < 4.78 is 28.3. The van der Waals surface area contributed by atoms with Gasteiger partial charge in [0.25, 0.3) is 0 Å². The lowest BCUT2D eigenvalue weighted by molar-refractivity contribution is -0.122. The molecular weight excluding hydrogens is 420 g/mol. The van der Waals surface area contributed by atoms with Crippen LogP contribution in [0.5, 0.6) is 0 Å². The van der Waals surface area contributed by atoms with Gasteiger partial charge in [-0.3, -0.25) is 4.79 Å². The maximum absolute atomic E-state index is 13.6. The summed E-state index contributed by atoms with van der Waals surface area (Å²) in [6.07, 6.45) is 0.876.